The molecule has 0 fully saturated rings. The quantitative estimate of drug-likeness (QED) is 0.642. The van der Waals surface area contributed by atoms with Crippen LogP contribution in [0.1, 0.15) is 30.5 Å². The Balaban J connectivity index is 1.74. The van der Waals surface area contributed by atoms with Crippen molar-refractivity contribution >= 4 is 16.7 Å². The molecule has 0 spiro atoms. The molecule has 0 N–H and O–H groups in total. The molecule has 24 heavy (non-hydrogen) atoms. The van der Waals surface area contributed by atoms with Crippen LogP contribution >= 0.6 is 0 Å². The molecule has 0 saturated heterocycles. The van der Waals surface area contributed by atoms with E-state index in [9.17, 15) is 0 Å². The van der Waals surface area contributed by atoms with E-state index in [1.807, 2.05) is 18.2 Å². The minimum Gasteiger partial charge on any atom is -0.473 e. The van der Waals surface area contributed by atoms with E-state index < -0.39 is 0 Å². The second kappa shape index (κ2) is 5.79. The molecular weight excluding hydrogens is 294 g/mol. The highest BCUT2D eigenvalue weighted by atomic mass is 16.5. The molecule has 2 nitrogen and oxygen atoms in total. The van der Waals surface area contributed by atoms with Gasteiger partial charge in [0, 0.05) is 5.56 Å². The first-order valence-corrected chi connectivity index (χ1v) is 8.40. The molecule has 4 rings (SSSR count). The average Bonchev–Trinajstić information content (AvgIpc) is 2.59. The SMILES string of the molecule is CC1(C)Cc2c(ccc3ccccc23)C(OCc2ccccc2)=N1. The lowest BCUT2D eigenvalue weighted by Gasteiger charge is -2.29. The van der Waals surface area contributed by atoms with Gasteiger partial charge in [0.05, 0.1) is 5.54 Å². The van der Waals surface area contributed by atoms with Gasteiger partial charge < -0.3 is 4.74 Å². The molecule has 0 bridgehead atoms. The summed E-state index contributed by atoms with van der Waals surface area (Å²) in [5.74, 6) is 0.760. The van der Waals surface area contributed by atoms with Crippen molar-refractivity contribution < 1.29 is 4.74 Å². The van der Waals surface area contributed by atoms with Crippen LogP contribution in [0.2, 0.25) is 0 Å². The Bertz CT molecular complexity index is 910. The van der Waals surface area contributed by atoms with E-state index in [2.05, 4.69) is 62.4 Å². The van der Waals surface area contributed by atoms with E-state index in [0.29, 0.717) is 6.61 Å². The third-order valence-corrected chi connectivity index (χ3v) is 4.50. The lowest BCUT2D eigenvalue weighted by atomic mass is 9.86. The molecule has 2 heteroatoms. The third-order valence-electron chi connectivity index (χ3n) is 4.50. The van der Waals surface area contributed by atoms with Crippen molar-refractivity contribution in [2.75, 3.05) is 0 Å². The lowest BCUT2D eigenvalue weighted by molar-refractivity contribution is 0.283. The van der Waals surface area contributed by atoms with Crippen LogP contribution in [0.5, 0.6) is 0 Å². The van der Waals surface area contributed by atoms with Crippen LogP contribution in [0.3, 0.4) is 0 Å². The zero-order chi connectivity index (χ0) is 16.6. The van der Waals surface area contributed by atoms with E-state index >= 15 is 0 Å². The Hall–Kier alpha value is -2.61. The van der Waals surface area contributed by atoms with Crippen LogP contribution < -0.4 is 0 Å². The molecule has 0 aliphatic carbocycles. The molecule has 1 heterocycles. The van der Waals surface area contributed by atoms with Gasteiger partial charge in [0.1, 0.15) is 6.61 Å². The predicted molar refractivity (Wildman–Crippen MR) is 99.5 cm³/mol. The molecule has 0 radical (unpaired) electrons. The van der Waals surface area contributed by atoms with Gasteiger partial charge in [0.15, 0.2) is 0 Å². The monoisotopic (exact) mass is 315 g/mol. The number of rotatable bonds is 2. The molecular formula is C22H21NO. The Kier molecular flexibility index (Phi) is 3.61. The maximum absolute atomic E-state index is 6.13. The molecule has 0 atom stereocenters. The van der Waals surface area contributed by atoms with Crippen LogP contribution in [0.25, 0.3) is 10.8 Å². The van der Waals surface area contributed by atoms with Gasteiger partial charge in [-0.2, -0.15) is 0 Å². The summed E-state index contributed by atoms with van der Waals surface area (Å²) in [6, 6.07) is 23.1. The number of hydrogen-bond acceptors (Lipinski definition) is 2. The van der Waals surface area contributed by atoms with Gasteiger partial charge in [-0.25, -0.2) is 4.99 Å². The Labute approximate surface area is 142 Å². The fourth-order valence-corrected chi connectivity index (χ4v) is 3.37. The first kappa shape index (κ1) is 14.9. The smallest absolute Gasteiger partial charge is 0.217 e. The van der Waals surface area contributed by atoms with Gasteiger partial charge in [-0.3, -0.25) is 0 Å². The number of nitrogens with zero attached hydrogens (tertiary/aromatic N) is 1. The molecule has 3 aromatic carbocycles. The largest absolute Gasteiger partial charge is 0.473 e. The molecule has 0 saturated carbocycles. The number of ether oxygens (including phenoxy) is 1. The van der Waals surface area contributed by atoms with Crippen LogP contribution in [-0.2, 0) is 17.8 Å². The van der Waals surface area contributed by atoms with Crippen molar-refractivity contribution in [1.29, 1.82) is 0 Å². The second-order valence-electron chi connectivity index (χ2n) is 6.99. The van der Waals surface area contributed by atoms with Crippen molar-refractivity contribution in [3.63, 3.8) is 0 Å². The molecule has 0 unspecified atom stereocenters. The fourth-order valence-electron chi connectivity index (χ4n) is 3.37. The third kappa shape index (κ3) is 2.80. The summed E-state index contributed by atoms with van der Waals surface area (Å²) in [5.41, 5.74) is 3.48. The van der Waals surface area contributed by atoms with Crippen molar-refractivity contribution in [3.05, 3.63) is 83.4 Å². The zero-order valence-corrected chi connectivity index (χ0v) is 14.1. The lowest BCUT2D eigenvalue weighted by Crippen LogP contribution is -2.30. The first-order valence-electron chi connectivity index (χ1n) is 8.40. The van der Waals surface area contributed by atoms with Crippen LogP contribution in [0.15, 0.2) is 71.7 Å². The predicted octanol–water partition coefficient (Wildman–Crippen LogP) is 5.14. The van der Waals surface area contributed by atoms with E-state index in [1.54, 1.807) is 0 Å². The second-order valence-corrected chi connectivity index (χ2v) is 6.99. The van der Waals surface area contributed by atoms with Crippen molar-refractivity contribution in [2.24, 2.45) is 4.99 Å². The van der Waals surface area contributed by atoms with Crippen LogP contribution in [0, 0.1) is 0 Å². The topological polar surface area (TPSA) is 21.6 Å². The molecule has 1 aliphatic heterocycles. The Morgan fingerprint density at radius 3 is 2.50 bits per heavy atom. The van der Waals surface area contributed by atoms with Crippen molar-refractivity contribution in [3.8, 4) is 0 Å². The number of aliphatic imine (C=N–C) groups is 1. The van der Waals surface area contributed by atoms with Crippen LogP contribution in [0.4, 0.5) is 0 Å². The molecule has 0 amide bonds. The van der Waals surface area contributed by atoms with Gasteiger partial charge >= 0.3 is 0 Å². The summed E-state index contributed by atoms with van der Waals surface area (Å²) in [5, 5.41) is 2.58. The minimum absolute atomic E-state index is 0.150. The molecule has 1 aliphatic rings. The normalized spacial score (nSPS) is 15.7. The number of hydrogen-bond donors (Lipinski definition) is 0. The van der Waals surface area contributed by atoms with E-state index in [-0.39, 0.29) is 5.54 Å². The molecule has 120 valence electrons. The summed E-state index contributed by atoms with van der Waals surface area (Å²) in [7, 11) is 0. The van der Waals surface area contributed by atoms with Crippen LogP contribution in [-0.4, -0.2) is 11.4 Å². The molecule has 0 aromatic heterocycles. The van der Waals surface area contributed by atoms with Gasteiger partial charge in [-0.15, -0.1) is 0 Å². The highest BCUT2D eigenvalue weighted by molar-refractivity contribution is 6.02. The fraction of sp³-hybridized carbons (Fsp3) is 0.227. The van der Waals surface area contributed by atoms with Gasteiger partial charge in [-0.1, -0.05) is 60.7 Å². The maximum atomic E-state index is 6.13. The average molecular weight is 315 g/mol. The Morgan fingerprint density at radius 2 is 1.67 bits per heavy atom. The number of fused-ring (bicyclic) bond motifs is 3. The summed E-state index contributed by atoms with van der Waals surface area (Å²) in [6.45, 7) is 4.88. The highest BCUT2D eigenvalue weighted by Gasteiger charge is 2.29. The first-order chi connectivity index (χ1) is 11.6. The van der Waals surface area contributed by atoms with E-state index in [4.69, 9.17) is 9.73 Å². The Morgan fingerprint density at radius 1 is 0.917 bits per heavy atom. The maximum Gasteiger partial charge on any atom is 0.217 e. The summed E-state index contributed by atoms with van der Waals surface area (Å²) < 4.78 is 6.13. The highest BCUT2D eigenvalue weighted by Crippen LogP contribution is 2.33. The van der Waals surface area contributed by atoms with Gasteiger partial charge in [0.25, 0.3) is 0 Å². The minimum atomic E-state index is -0.150. The molecule has 3 aromatic rings. The van der Waals surface area contributed by atoms with E-state index in [1.165, 1.54) is 16.3 Å². The summed E-state index contributed by atoms with van der Waals surface area (Å²) >= 11 is 0. The number of benzene rings is 3. The summed E-state index contributed by atoms with van der Waals surface area (Å²) in [4.78, 5) is 4.87. The van der Waals surface area contributed by atoms with Crippen molar-refractivity contribution in [2.45, 2.75) is 32.4 Å². The zero-order valence-electron chi connectivity index (χ0n) is 14.1. The van der Waals surface area contributed by atoms with E-state index in [0.717, 1.165) is 23.4 Å². The standard InChI is InChI=1S/C22H21NO/c1-22(2)14-20-18-11-7-6-10-17(18)12-13-19(20)21(23-22)24-15-16-8-4-3-5-9-16/h3-13H,14-15H2,1-2H3. The van der Waals surface area contributed by atoms with Gasteiger partial charge in [-0.05, 0) is 48.2 Å². The van der Waals surface area contributed by atoms with Gasteiger partial charge in [0.2, 0.25) is 5.90 Å². The summed E-state index contributed by atoms with van der Waals surface area (Å²) in [6.07, 6.45) is 0.932. The van der Waals surface area contributed by atoms with Crippen molar-refractivity contribution in [1.82, 2.24) is 0 Å².